The van der Waals surface area contributed by atoms with Gasteiger partial charge in [-0.1, -0.05) is 0 Å². The third kappa shape index (κ3) is 9.92. The molecule has 0 amide bonds. The average Bonchev–Trinajstić information content (AvgIpc) is 2.51. The van der Waals surface area contributed by atoms with E-state index in [0.29, 0.717) is 0 Å². The Labute approximate surface area is 155 Å². The van der Waals surface area contributed by atoms with Gasteiger partial charge >= 0.3 is 29.8 Å². The van der Waals surface area contributed by atoms with E-state index in [2.05, 4.69) is 0 Å². The molecule has 0 aliphatic heterocycles. The topological polar surface area (TPSA) is 149 Å². The van der Waals surface area contributed by atoms with Gasteiger partial charge in [0.1, 0.15) is 6.61 Å². The van der Waals surface area contributed by atoms with Crippen molar-refractivity contribution >= 4 is 36.1 Å². The van der Waals surface area contributed by atoms with Gasteiger partial charge in [0, 0.05) is 34.6 Å². The first-order chi connectivity index (χ1) is 12.5. The van der Waals surface area contributed by atoms with Gasteiger partial charge in [-0.3, -0.25) is 28.8 Å². The van der Waals surface area contributed by atoms with Crippen LogP contribution in [-0.2, 0) is 52.5 Å². The van der Waals surface area contributed by atoms with Crippen LogP contribution in [0.4, 0.5) is 0 Å². The van der Waals surface area contributed by atoms with E-state index in [4.69, 9.17) is 23.7 Å². The van der Waals surface area contributed by atoms with Gasteiger partial charge < -0.3 is 23.7 Å². The monoisotopic (exact) mass is 389 g/mol. The largest absolute Gasteiger partial charge is 0.462 e. The minimum absolute atomic E-state index is 0.587. The second kappa shape index (κ2) is 11.6. The lowest BCUT2D eigenvalue weighted by Gasteiger charge is -2.33. The van der Waals surface area contributed by atoms with Crippen LogP contribution in [0.2, 0.25) is 0 Å². The normalized spacial score (nSPS) is 14.6. The zero-order valence-electron chi connectivity index (χ0n) is 15.5. The third-order valence-electron chi connectivity index (χ3n) is 2.77. The Balaban J connectivity index is 6.00. The number of carbonyl (C=O) groups excluding carboxylic acids is 6. The summed E-state index contributed by atoms with van der Waals surface area (Å²) in [5, 5.41) is 0. The highest BCUT2D eigenvalue weighted by atomic mass is 16.6. The minimum atomic E-state index is -1.80. The Bertz CT molecular complexity index is 583. The molecular weight excluding hydrogens is 368 g/mol. The zero-order valence-corrected chi connectivity index (χ0v) is 15.5. The standard InChI is InChI=1S/C16H21O11/c1-8(18)23-7-14(25-10(3)20)16(27-12(5)22)15(26-11(4)21)13(6-17)24-9(2)19/h13-16H,7H2,1-5H3/t13-,14+,15+,16+/m0/s1. The van der Waals surface area contributed by atoms with Crippen LogP contribution in [0.5, 0.6) is 0 Å². The summed E-state index contributed by atoms with van der Waals surface area (Å²) in [4.78, 5) is 67.8. The first-order valence-corrected chi connectivity index (χ1v) is 7.67. The molecule has 0 aliphatic carbocycles. The van der Waals surface area contributed by atoms with E-state index < -0.39 is 60.9 Å². The molecule has 0 aromatic rings. The number of carbonyl (C=O) groups is 5. The highest BCUT2D eigenvalue weighted by molar-refractivity contribution is 5.72. The van der Waals surface area contributed by atoms with Gasteiger partial charge in [-0.25, -0.2) is 0 Å². The first kappa shape index (κ1) is 24.0. The Kier molecular flexibility index (Phi) is 10.3. The molecule has 151 valence electrons. The van der Waals surface area contributed by atoms with Crippen LogP contribution in [0.1, 0.15) is 34.6 Å². The SMILES string of the molecule is CC(=O)OC[C@@H](OC(C)=O)[C@@H](OC(C)=O)[C@H](OC(C)=O)[C@H]([C]=O)OC(C)=O. The summed E-state index contributed by atoms with van der Waals surface area (Å²) in [5.74, 6) is -4.31. The second-order valence-corrected chi connectivity index (χ2v) is 5.25. The number of rotatable bonds is 10. The molecule has 4 atom stereocenters. The number of ether oxygens (including phenoxy) is 5. The van der Waals surface area contributed by atoms with Gasteiger partial charge in [-0.15, -0.1) is 0 Å². The van der Waals surface area contributed by atoms with Crippen LogP contribution in [0.25, 0.3) is 0 Å². The molecule has 0 fully saturated rings. The molecule has 0 bridgehead atoms. The van der Waals surface area contributed by atoms with Gasteiger partial charge in [0.15, 0.2) is 18.3 Å². The number of hydrogen-bond acceptors (Lipinski definition) is 11. The second-order valence-electron chi connectivity index (χ2n) is 5.25. The molecule has 0 rings (SSSR count). The lowest BCUT2D eigenvalue weighted by Crippen LogP contribution is -2.53. The summed E-state index contributed by atoms with van der Waals surface area (Å²) in [6, 6.07) is 0. The lowest BCUT2D eigenvalue weighted by atomic mass is 10.0. The van der Waals surface area contributed by atoms with Crippen LogP contribution in [0.15, 0.2) is 0 Å². The fourth-order valence-electron chi connectivity index (χ4n) is 1.98. The maximum Gasteiger partial charge on any atom is 0.303 e. The van der Waals surface area contributed by atoms with E-state index in [1.807, 2.05) is 0 Å². The predicted octanol–water partition coefficient (Wildman–Crippen LogP) is -0.614. The van der Waals surface area contributed by atoms with E-state index in [9.17, 15) is 28.8 Å². The van der Waals surface area contributed by atoms with Crippen molar-refractivity contribution in [1.82, 2.24) is 0 Å². The van der Waals surface area contributed by atoms with Crippen molar-refractivity contribution in [2.75, 3.05) is 6.61 Å². The van der Waals surface area contributed by atoms with E-state index >= 15 is 0 Å². The Morgan fingerprint density at radius 2 is 1.11 bits per heavy atom. The molecule has 0 aromatic carbocycles. The summed E-state index contributed by atoms with van der Waals surface area (Å²) in [6.45, 7) is 4.49. The smallest absolute Gasteiger partial charge is 0.303 e. The minimum Gasteiger partial charge on any atom is -0.462 e. The highest BCUT2D eigenvalue weighted by Gasteiger charge is 2.44. The van der Waals surface area contributed by atoms with Crippen LogP contribution >= 0.6 is 0 Å². The van der Waals surface area contributed by atoms with Gasteiger partial charge in [0.2, 0.25) is 12.4 Å². The van der Waals surface area contributed by atoms with Gasteiger partial charge in [-0.2, -0.15) is 0 Å². The van der Waals surface area contributed by atoms with E-state index in [-0.39, 0.29) is 0 Å². The van der Waals surface area contributed by atoms with Crippen LogP contribution in [-0.4, -0.2) is 67.2 Å². The molecule has 0 aromatic heterocycles. The van der Waals surface area contributed by atoms with Crippen LogP contribution < -0.4 is 0 Å². The third-order valence-corrected chi connectivity index (χ3v) is 2.77. The summed E-state index contributed by atoms with van der Waals surface area (Å²) < 4.78 is 24.4. The molecule has 0 unspecified atom stereocenters. The molecule has 1 radical (unpaired) electrons. The Morgan fingerprint density at radius 3 is 1.48 bits per heavy atom. The highest BCUT2D eigenvalue weighted by Crippen LogP contribution is 2.19. The number of esters is 5. The molecule has 27 heavy (non-hydrogen) atoms. The van der Waals surface area contributed by atoms with E-state index in [1.54, 1.807) is 0 Å². The molecular formula is C16H21O11. The fraction of sp³-hybridized carbons (Fsp3) is 0.625. The zero-order chi connectivity index (χ0) is 21.1. The predicted molar refractivity (Wildman–Crippen MR) is 84.5 cm³/mol. The molecule has 0 saturated carbocycles. The van der Waals surface area contributed by atoms with Crippen molar-refractivity contribution in [2.45, 2.75) is 59.0 Å². The molecule has 11 heteroatoms. The Morgan fingerprint density at radius 1 is 0.667 bits per heavy atom. The van der Waals surface area contributed by atoms with E-state index in [1.165, 1.54) is 6.29 Å². The van der Waals surface area contributed by atoms with Crippen molar-refractivity contribution in [1.29, 1.82) is 0 Å². The summed E-state index contributed by atoms with van der Waals surface area (Å²) in [7, 11) is 0. The maximum atomic E-state index is 11.5. The molecule has 0 saturated heterocycles. The van der Waals surface area contributed by atoms with Gasteiger partial charge in [0.25, 0.3) is 0 Å². The quantitative estimate of drug-likeness (QED) is 0.348. The van der Waals surface area contributed by atoms with Gasteiger partial charge in [0.05, 0.1) is 0 Å². The molecule has 11 nitrogen and oxygen atoms in total. The van der Waals surface area contributed by atoms with Gasteiger partial charge in [-0.05, 0) is 0 Å². The van der Waals surface area contributed by atoms with Crippen molar-refractivity contribution in [3.63, 3.8) is 0 Å². The summed E-state index contributed by atoms with van der Waals surface area (Å²) in [5.41, 5.74) is 0. The number of hydrogen-bond donors (Lipinski definition) is 0. The molecule has 0 heterocycles. The van der Waals surface area contributed by atoms with E-state index in [0.717, 1.165) is 34.6 Å². The lowest BCUT2D eigenvalue weighted by molar-refractivity contribution is -0.198. The summed E-state index contributed by atoms with van der Waals surface area (Å²) in [6.07, 6.45) is -5.26. The Hall–Kier alpha value is -2.98. The van der Waals surface area contributed by atoms with Crippen LogP contribution in [0.3, 0.4) is 0 Å². The maximum absolute atomic E-state index is 11.5. The van der Waals surface area contributed by atoms with Crippen molar-refractivity contribution in [2.24, 2.45) is 0 Å². The van der Waals surface area contributed by atoms with Crippen molar-refractivity contribution in [3.05, 3.63) is 0 Å². The van der Waals surface area contributed by atoms with Crippen LogP contribution in [0, 0.1) is 0 Å². The van der Waals surface area contributed by atoms with Crippen molar-refractivity contribution in [3.8, 4) is 0 Å². The molecule has 0 spiro atoms. The summed E-state index contributed by atoms with van der Waals surface area (Å²) >= 11 is 0. The molecule has 0 N–H and O–H groups in total. The average molecular weight is 389 g/mol. The first-order valence-electron chi connectivity index (χ1n) is 7.67. The molecule has 0 aliphatic rings. The van der Waals surface area contributed by atoms with Crippen molar-refractivity contribution < 1.29 is 52.5 Å². The fourth-order valence-corrected chi connectivity index (χ4v) is 1.98.